The minimum atomic E-state index is -0.0641. The van der Waals surface area contributed by atoms with E-state index in [0.717, 1.165) is 56.0 Å². The van der Waals surface area contributed by atoms with E-state index in [0.29, 0.717) is 12.5 Å². The van der Waals surface area contributed by atoms with Gasteiger partial charge in [-0.2, -0.15) is 0 Å². The van der Waals surface area contributed by atoms with E-state index in [1.165, 1.54) is 0 Å². The van der Waals surface area contributed by atoms with E-state index in [9.17, 15) is 4.79 Å². The molecule has 2 aliphatic heterocycles. The van der Waals surface area contributed by atoms with E-state index in [2.05, 4.69) is 27.8 Å². The Labute approximate surface area is 147 Å². The third-order valence-electron chi connectivity index (χ3n) is 5.39. The fraction of sp³-hybridized carbons (Fsp3) is 0.526. The molecule has 2 aliphatic rings. The monoisotopic (exact) mass is 340 g/mol. The number of piperidine rings is 1. The molecule has 4 rings (SSSR count). The highest BCUT2D eigenvalue weighted by Gasteiger charge is 2.32. The average molecular weight is 340 g/mol. The van der Waals surface area contributed by atoms with Crippen LogP contribution in [0.2, 0.25) is 0 Å². The molecule has 1 atom stereocenters. The summed E-state index contributed by atoms with van der Waals surface area (Å²) in [7, 11) is 0. The number of rotatable bonds is 3. The van der Waals surface area contributed by atoms with Crippen LogP contribution >= 0.6 is 0 Å². The quantitative estimate of drug-likeness (QED) is 0.860. The number of aromatic nitrogens is 3. The number of ether oxygens (including phenoxy) is 1. The van der Waals surface area contributed by atoms with Crippen molar-refractivity contribution in [3.8, 4) is 5.75 Å². The molecule has 0 saturated carbocycles. The smallest absolute Gasteiger partial charge is 0.229 e. The minimum absolute atomic E-state index is 0.0641. The summed E-state index contributed by atoms with van der Waals surface area (Å²) in [6.45, 7) is 5.06. The predicted molar refractivity (Wildman–Crippen MR) is 93.4 cm³/mol. The van der Waals surface area contributed by atoms with Gasteiger partial charge in [-0.25, -0.2) is 0 Å². The van der Waals surface area contributed by atoms with Crippen molar-refractivity contribution in [1.29, 1.82) is 0 Å². The molecule has 3 heterocycles. The van der Waals surface area contributed by atoms with Gasteiger partial charge in [-0.05, 0) is 37.8 Å². The number of nitrogens with zero attached hydrogens (tertiary/aromatic N) is 4. The molecule has 25 heavy (non-hydrogen) atoms. The van der Waals surface area contributed by atoms with Crippen LogP contribution in [-0.4, -0.2) is 45.3 Å². The van der Waals surface area contributed by atoms with Crippen molar-refractivity contribution in [2.75, 3.05) is 19.7 Å². The summed E-state index contributed by atoms with van der Waals surface area (Å²) < 4.78 is 7.89. The molecule has 0 unspecified atom stereocenters. The molecule has 1 fully saturated rings. The lowest BCUT2D eigenvalue weighted by Crippen LogP contribution is -2.44. The standard InChI is InChI=1S/C19H24N4O2/c1-2-22-13-20-21-18(22)14-7-9-23(10-8-14)19(24)16-11-15-5-3-4-6-17(15)25-12-16/h3-6,13-14,16H,2,7-12H2,1H3/t16-/m1/s1. The van der Waals surface area contributed by atoms with Crippen LogP contribution in [0.3, 0.4) is 0 Å². The van der Waals surface area contributed by atoms with Crippen LogP contribution in [0.5, 0.6) is 5.75 Å². The summed E-state index contributed by atoms with van der Waals surface area (Å²) in [5.74, 6) is 2.54. The largest absolute Gasteiger partial charge is 0.492 e. The topological polar surface area (TPSA) is 60.2 Å². The summed E-state index contributed by atoms with van der Waals surface area (Å²) in [5.41, 5.74) is 1.14. The lowest BCUT2D eigenvalue weighted by Gasteiger charge is -2.35. The normalized spacial score (nSPS) is 20.8. The molecule has 6 heteroatoms. The maximum atomic E-state index is 12.9. The number of likely N-dealkylation sites (tertiary alicyclic amines) is 1. The predicted octanol–water partition coefficient (Wildman–Crippen LogP) is 2.26. The van der Waals surface area contributed by atoms with Gasteiger partial charge in [0.05, 0.1) is 5.92 Å². The van der Waals surface area contributed by atoms with Crippen molar-refractivity contribution >= 4 is 5.91 Å². The van der Waals surface area contributed by atoms with Crippen molar-refractivity contribution in [2.24, 2.45) is 5.92 Å². The number of para-hydroxylation sites is 1. The molecule has 6 nitrogen and oxygen atoms in total. The summed E-state index contributed by atoms with van der Waals surface area (Å²) >= 11 is 0. The van der Waals surface area contributed by atoms with Gasteiger partial charge in [-0.3, -0.25) is 4.79 Å². The second-order valence-corrected chi connectivity index (χ2v) is 6.89. The van der Waals surface area contributed by atoms with Gasteiger partial charge in [0.25, 0.3) is 0 Å². The van der Waals surface area contributed by atoms with Gasteiger partial charge >= 0.3 is 0 Å². The molecule has 2 aromatic rings. The van der Waals surface area contributed by atoms with Gasteiger partial charge in [0, 0.05) is 25.6 Å². The van der Waals surface area contributed by atoms with E-state index in [4.69, 9.17) is 4.74 Å². The van der Waals surface area contributed by atoms with Crippen LogP contribution in [0, 0.1) is 5.92 Å². The Morgan fingerprint density at radius 3 is 2.88 bits per heavy atom. The zero-order valence-electron chi connectivity index (χ0n) is 14.6. The van der Waals surface area contributed by atoms with E-state index >= 15 is 0 Å². The molecular weight excluding hydrogens is 316 g/mol. The van der Waals surface area contributed by atoms with Crippen LogP contribution in [0.1, 0.15) is 37.1 Å². The summed E-state index contributed by atoms with van der Waals surface area (Å²) in [6.07, 6.45) is 4.48. The lowest BCUT2D eigenvalue weighted by molar-refractivity contribution is -0.138. The molecule has 1 saturated heterocycles. The zero-order chi connectivity index (χ0) is 17.2. The first kappa shape index (κ1) is 16.1. The van der Waals surface area contributed by atoms with Crippen molar-refractivity contribution in [3.63, 3.8) is 0 Å². The number of carbonyl (C=O) groups excluding carboxylic acids is 1. The first-order valence-corrected chi connectivity index (χ1v) is 9.13. The highest BCUT2D eigenvalue weighted by atomic mass is 16.5. The number of hydrogen-bond donors (Lipinski definition) is 0. The van der Waals surface area contributed by atoms with Crippen LogP contribution in [0.15, 0.2) is 30.6 Å². The third kappa shape index (κ3) is 3.13. The van der Waals surface area contributed by atoms with Crippen molar-refractivity contribution < 1.29 is 9.53 Å². The number of hydrogen-bond acceptors (Lipinski definition) is 4. The molecule has 0 bridgehead atoms. The Kier molecular flexibility index (Phi) is 4.42. The number of carbonyl (C=O) groups is 1. The Morgan fingerprint density at radius 2 is 2.08 bits per heavy atom. The molecule has 1 aromatic heterocycles. The number of fused-ring (bicyclic) bond motifs is 1. The molecule has 132 valence electrons. The van der Waals surface area contributed by atoms with Gasteiger partial charge in [0.2, 0.25) is 5.91 Å². The first-order valence-electron chi connectivity index (χ1n) is 9.13. The van der Waals surface area contributed by atoms with Gasteiger partial charge < -0.3 is 14.2 Å². The van der Waals surface area contributed by atoms with Gasteiger partial charge in [0.15, 0.2) is 0 Å². The van der Waals surface area contributed by atoms with Crippen molar-refractivity contribution in [2.45, 2.75) is 38.6 Å². The molecule has 1 amide bonds. The van der Waals surface area contributed by atoms with Gasteiger partial charge in [-0.1, -0.05) is 18.2 Å². The van der Waals surface area contributed by atoms with E-state index in [1.807, 2.05) is 23.1 Å². The number of amides is 1. The van der Waals surface area contributed by atoms with Crippen LogP contribution in [0.4, 0.5) is 0 Å². The maximum Gasteiger partial charge on any atom is 0.229 e. The second kappa shape index (κ2) is 6.86. The van der Waals surface area contributed by atoms with E-state index in [-0.39, 0.29) is 11.8 Å². The first-order chi connectivity index (χ1) is 12.3. The Balaban J connectivity index is 1.37. The molecule has 0 N–H and O–H groups in total. The maximum absolute atomic E-state index is 12.9. The number of benzene rings is 1. The van der Waals surface area contributed by atoms with Crippen LogP contribution < -0.4 is 4.74 Å². The Bertz CT molecular complexity index is 749. The Hall–Kier alpha value is -2.37. The van der Waals surface area contributed by atoms with E-state index in [1.54, 1.807) is 6.33 Å². The fourth-order valence-corrected chi connectivity index (χ4v) is 3.93. The van der Waals surface area contributed by atoms with Crippen LogP contribution in [-0.2, 0) is 17.8 Å². The highest BCUT2D eigenvalue weighted by Crippen LogP contribution is 2.30. The molecule has 0 aliphatic carbocycles. The SMILES string of the molecule is CCn1cnnc1C1CCN(C(=O)[C@H]2COc3ccccc3C2)CC1. The van der Waals surface area contributed by atoms with Crippen molar-refractivity contribution in [1.82, 2.24) is 19.7 Å². The molecule has 0 radical (unpaired) electrons. The van der Waals surface area contributed by atoms with E-state index < -0.39 is 0 Å². The zero-order valence-corrected chi connectivity index (χ0v) is 14.6. The van der Waals surface area contributed by atoms with Crippen LogP contribution in [0.25, 0.3) is 0 Å². The highest BCUT2D eigenvalue weighted by molar-refractivity contribution is 5.80. The summed E-state index contributed by atoms with van der Waals surface area (Å²) in [5, 5.41) is 8.32. The molecule has 1 aromatic carbocycles. The molecule has 0 spiro atoms. The number of aryl methyl sites for hydroxylation is 1. The molecular formula is C19H24N4O2. The van der Waals surface area contributed by atoms with Gasteiger partial charge in [0.1, 0.15) is 24.5 Å². The third-order valence-corrected chi connectivity index (χ3v) is 5.39. The summed E-state index contributed by atoms with van der Waals surface area (Å²) in [6, 6.07) is 8.01. The fourth-order valence-electron chi connectivity index (χ4n) is 3.93. The van der Waals surface area contributed by atoms with Gasteiger partial charge in [-0.15, -0.1) is 10.2 Å². The minimum Gasteiger partial charge on any atom is -0.492 e. The van der Waals surface area contributed by atoms with Crippen molar-refractivity contribution in [3.05, 3.63) is 42.0 Å². The average Bonchev–Trinajstić information content (AvgIpc) is 3.16. The lowest BCUT2D eigenvalue weighted by atomic mass is 9.92. The Morgan fingerprint density at radius 1 is 1.28 bits per heavy atom. The second-order valence-electron chi connectivity index (χ2n) is 6.89. The summed E-state index contributed by atoms with van der Waals surface area (Å²) in [4.78, 5) is 14.9.